The zero-order valence-corrected chi connectivity index (χ0v) is 19.9. The van der Waals surface area contributed by atoms with Crippen molar-refractivity contribution in [2.75, 3.05) is 13.2 Å². The molecular weight excluding hydrogens is 407 g/mol. The number of carbonyl (C=O) groups excluding carboxylic acids is 2. The largest absolute Gasteiger partial charge is 0.483 e. The second-order valence-electron chi connectivity index (χ2n) is 9.50. The molecule has 0 bridgehead atoms. The number of hydrogen-bond donors (Lipinski definition) is 1. The van der Waals surface area contributed by atoms with Crippen LogP contribution in [0.5, 0.6) is 5.75 Å². The Morgan fingerprint density at radius 2 is 1.66 bits per heavy atom. The van der Waals surface area contributed by atoms with E-state index in [2.05, 4.69) is 26.1 Å². The average molecular weight is 443 g/mol. The summed E-state index contributed by atoms with van der Waals surface area (Å²) in [7, 11) is 0. The molecule has 0 saturated carbocycles. The molecule has 0 saturated heterocycles. The second-order valence-corrected chi connectivity index (χ2v) is 9.50. The number of nitrogens with zero attached hydrogens (tertiary/aromatic N) is 1. The minimum atomic E-state index is -0.701. The van der Waals surface area contributed by atoms with Gasteiger partial charge in [-0.1, -0.05) is 65.0 Å². The van der Waals surface area contributed by atoms with E-state index in [1.165, 1.54) is 17.0 Å². The van der Waals surface area contributed by atoms with Crippen LogP contribution in [0.2, 0.25) is 0 Å². The predicted molar refractivity (Wildman–Crippen MR) is 125 cm³/mol. The summed E-state index contributed by atoms with van der Waals surface area (Å²) in [5.41, 5.74) is 1.59. The summed E-state index contributed by atoms with van der Waals surface area (Å²) in [6.45, 7) is 12.5. The van der Waals surface area contributed by atoms with E-state index in [0.717, 1.165) is 11.1 Å². The van der Waals surface area contributed by atoms with E-state index < -0.39 is 6.04 Å². The molecule has 1 N–H and O–H groups in total. The van der Waals surface area contributed by atoms with Crippen LogP contribution >= 0.6 is 0 Å². The number of nitrogens with one attached hydrogen (secondary N) is 1. The molecule has 6 heteroatoms. The highest BCUT2D eigenvalue weighted by Gasteiger charge is 2.27. The third kappa shape index (κ3) is 7.36. The van der Waals surface area contributed by atoms with Crippen LogP contribution in [-0.4, -0.2) is 35.9 Å². The fourth-order valence-corrected chi connectivity index (χ4v) is 3.26. The van der Waals surface area contributed by atoms with Gasteiger partial charge in [-0.05, 0) is 47.6 Å². The molecule has 174 valence electrons. The average Bonchev–Trinajstić information content (AvgIpc) is 2.74. The van der Waals surface area contributed by atoms with Crippen LogP contribution in [0.1, 0.15) is 52.7 Å². The van der Waals surface area contributed by atoms with Crippen LogP contribution in [0.25, 0.3) is 0 Å². The maximum Gasteiger partial charge on any atom is 0.261 e. The third-order valence-corrected chi connectivity index (χ3v) is 5.16. The summed E-state index contributed by atoms with van der Waals surface area (Å²) < 4.78 is 19.2. The number of benzene rings is 2. The molecule has 0 spiro atoms. The first kappa shape index (κ1) is 25.4. The van der Waals surface area contributed by atoms with Gasteiger partial charge in [-0.3, -0.25) is 9.59 Å². The standard InChI is InChI=1S/C26H35FN2O3/c1-18(2)15-28-25(31)19(3)29(16-20-11-13-21(27)14-12-20)24(30)17-32-23-10-8-7-9-22(23)26(4,5)6/h7-14,18-19H,15-17H2,1-6H3,(H,28,31). The molecule has 0 radical (unpaired) electrons. The molecule has 2 rings (SSSR count). The number of rotatable bonds is 9. The number of carbonyl (C=O) groups is 2. The lowest BCUT2D eigenvalue weighted by molar-refractivity contribution is -0.142. The lowest BCUT2D eigenvalue weighted by atomic mass is 9.86. The maximum absolute atomic E-state index is 13.3. The first-order valence-electron chi connectivity index (χ1n) is 11.0. The van der Waals surface area contributed by atoms with Crippen molar-refractivity contribution in [2.45, 2.75) is 59.5 Å². The smallest absolute Gasteiger partial charge is 0.261 e. The van der Waals surface area contributed by atoms with Gasteiger partial charge in [0.05, 0.1) is 0 Å². The van der Waals surface area contributed by atoms with E-state index in [1.54, 1.807) is 19.1 Å². The number of hydrogen-bond acceptors (Lipinski definition) is 3. The first-order valence-corrected chi connectivity index (χ1v) is 11.0. The summed E-state index contributed by atoms with van der Waals surface area (Å²) >= 11 is 0. The van der Waals surface area contributed by atoms with Crippen molar-refractivity contribution in [1.82, 2.24) is 10.2 Å². The molecule has 0 aliphatic carbocycles. The third-order valence-electron chi connectivity index (χ3n) is 5.16. The Bertz CT molecular complexity index is 904. The SMILES string of the molecule is CC(C)CNC(=O)C(C)N(Cc1ccc(F)cc1)C(=O)COc1ccccc1C(C)(C)C. The Labute approximate surface area is 191 Å². The normalized spacial score (nSPS) is 12.4. The van der Waals surface area contributed by atoms with Crippen molar-refractivity contribution < 1.29 is 18.7 Å². The van der Waals surface area contributed by atoms with Gasteiger partial charge >= 0.3 is 0 Å². The number of para-hydroxylation sites is 1. The molecule has 1 unspecified atom stereocenters. The molecule has 5 nitrogen and oxygen atoms in total. The number of halogens is 1. The molecule has 2 aromatic rings. The zero-order valence-electron chi connectivity index (χ0n) is 19.9. The number of ether oxygens (including phenoxy) is 1. The highest BCUT2D eigenvalue weighted by atomic mass is 19.1. The lowest BCUT2D eigenvalue weighted by Gasteiger charge is -2.29. The summed E-state index contributed by atoms with van der Waals surface area (Å²) in [6.07, 6.45) is 0. The fraction of sp³-hybridized carbons (Fsp3) is 0.462. The molecule has 32 heavy (non-hydrogen) atoms. The van der Waals surface area contributed by atoms with Gasteiger partial charge in [0.25, 0.3) is 5.91 Å². The minimum absolute atomic E-state index is 0.141. The highest BCUT2D eigenvalue weighted by Crippen LogP contribution is 2.31. The highest BCUT2D eigenvalue weighted by molar-refractivity contribution is 5.88. The molecule has 0 aliphatic rings. The first-order chi connectivity index (χ1) is 15.0. The zero-order chi connectivity index (χ0) is 23.9. The van der Waals surface area contributed by atoms with Crippen LogP contribution in [0.15, 0.2) is 48.5 Å². The van der Waals surface area contributed by atoms with Gasteiger partial charge in [-0.15, -0.1) is 0 Å². The van der Waals surface area contributed by atoms with Crippen molar-refractivity contribution in [2.24, 2.45) is 5.92 Å². The van der Waals surface area contributed by atoms with Crippen LogP contribution in [0.4, 0.5) is 4.39 Å². The summed E-state index contributed by atoms with van der Waals surface area (Å²) in [5.74, 6) is 0.0441. The van der Waals surface area contributed by atoms with Gasteiger partial charge in [0, 0.05) is 13.1 Å². The molecule has 2 aromatic carbocycles. The van der Waals surface area contributed by atoms with Crippen molar-refractivity contribution in [3.63, 3.8) is 0 Å². The van der Waals surface area contributed by atoms with Crippen LogP contribution < -0.4 is 10.1 Å². The summed E-state index contributed by atoms with van der Waals surface area (Å²) in [4.78, 5) is 27.3. The Morgan fingerprint density at radius 3 is 2.25 bits per heavy atom. The van der Waals surface area contributed by atoms with Gasteiger partial charge in [0.15, 0.2) is 6.61 Å². The topological polar surface area (TPSA) is 58.6 Å². The minimum Gasteiger partial charge on any atom is -0.483 e. The molecule has 0 heterocycles. The van der Waals surface area contributed by atoms with E-state index in [4.69, 9.17) is 4.74 Å². The van der Waals surface area contributed by atoms with E-state index in [-0.39, 0.29) is 36.2 Å². The van der Waals surface area contributed by atoms with Gasteiger partial charge in [0.2, 0.25) is 5.91 Å². The quantitative estimate of drug-likeness (QED) is 0.613. The van der Waals surface area contributed by atoms with Crippen molar-refractivity contribution >= 4 is 11.8 Å². The molecule has 1 atom stereocenters. The van der Waals surface area contributed by atoms with E-state index in [0.29, 0.717) is 18.2 Å². The van der Waals surface area contributed by atoms with E-state index in [1.807, 2.05) is 38.1 Å². The van der Waals surface area contributed by atoms with Gasteiger partial charge in [-0.2, -0.15) is 0 Å². The van der Waals surface area contributed by atoms with Gasteiger partial charge < -0.3 is 15.0 Å². The monoisotopic (exact) mass is 442 g/mol. The summed E-state index contributed by atoms with van der Waals surface area (Å²) in [6, 6.07) is 12.9. The van der Waals surface area contributed by atoms with Crippen LogP contribution in [0, 0.1) is 11.7 Å². The van der Waals surface area contributed by atoms with Crippen molar-refractivity contribution in [3.8, 4) is 5.75 Å². The Balaban J connectivity index is 2.20. The number of amides is 2. The molecule has 0 fully saturated rings. The molecular formula is C26H35FN2O3. The Hall–Kier alpha value is -2.89. The van der Waals surface area contributed by atoms with Gasteiger partial charge in [-0.25, -0.2) is 4.39 Å². The fourth-order valence-electron chi connectivity index (χ4n) is 3.26. The maximum atomic E-state index is 13.3. The van der Waals surface area contributed by atoms with Crippen molar-refractivity contribution in [3.05, 3.63) is 65.5 Å². The molecule has 2 amide bonds. The molecule has 0 aromatic heterocycles. The van der Waals surface area contributed by atoms with E-state index >= 15 is 0 Å². The van der Waals surface area contributed by atoms with Gasteiger partial charge in [0.1, 0.15) is 17.6 Å². The van der Waals surface area contributed by atoms with Crippen molar-refractivity contribution in [1.29, 1.82) is 0 Å². The van der Waals surface area contributed by atoms with E-state index in [9.17, 15) is 14.0 Å². The van der Waals surface area contributed by atoms with Crippen LogP contribution in [0.3, 0.4) is 0 Å². The Morgan fingerprint density at radius 1 is 1.03 bits per heavy atom. The lowest BCUT2D eigenvalue weighted by Crippen LogP contribution is -2.49. The summed E-state index contributed by atoms with van der Waals surface area (Å²) in [5, 5.41) is 2.88. The molecule has 0 aliphatic heterocycles. The van der Waals surface area contributed by atoms with Crippen LogP contribution in [-0.2, 0) is 21.5 Å². The second kappa shape index (κ2) is 11.1. The predicted octanol–water partition coefficient (Wildman–Crippen LogP) is 4.69. The Kier molecular flexibility index (Phi) is 8.81.